The third-order valence-corrected chi connectivity index (χ3v) is 1.85. The van der Waals surface area contributed by atoms with Gasteiger partial charge < -0.3 is 4.52 Å². The number of rotatable bonds is 1. The van der Waals surface area contributed by atoms with E-state index in [1.54, 1.807) is 6.07 Å². The molecule has 0 N–H and O–H groups in total. The van der Waals surface area contributed by atoms with Crippen molar-refractivity contribution in [2.75, 3.05) is 0 Å². The van der Waals surface area contributed by atoms with E-state index in [-0.39, 0.29) is 16.5 Å². The van der Waals surface area contributed by atoms with Gasteiger partial charge in [0.1, 0.15) is 5.82 Å². The standard InChI is InChI=1S/C8H4ClFN2O/c9-5-2-1-3-6(10)7(5)8-11-4-12-13-8/h1-4H. The van der Waals surface area contributed by atoms with E-state index in [9.17, 15) is 4.39 Å². The summed E-state index contributed by atoms with van der Waals surface area (Å²) in [6.07, 6.45) is 1.19. The van der Waals surface area contributed by atoms with Gasteiger partial charge in [-0.2, -0.15) is 4.98 Å². The summed E-state index contributed by atoms with van der Waals surface area (Å²) in [4.78, 5) is 3.71. The molecule has 66 valence electrons. The highest BCUT2D eigenvalue weighted by atomic mass is 35.5. The van der Waals surface area contributed by atoms with Crippen LogP contribution in [-0.2, 0) is 0 Å². The van der Waals surface area contributed by atoms with Crippen molar-refractivity contribution in [1.29, 1.82) is 0 Å². The zero-order chi connectivity index (χ0) is 9.26. The SMILES string of the molecule is Fc1cccc(Cl)c1-c1ncno1. The Labute approximate surface area is 78.1 Å². The van der Waals surface area contributed by atoms with E-state index < -0.39 is 5.82 Å². The second kappa shape index (κ2) is 3.14. The monoisotopic (exact) mass is 198 g/mol. The first-order valence-corrected chi connectivity index (χ1v) is 3.88. The van der Waals surface area contributed by atoms with Crippen LogP contribution in [0.25, 0.3) is 11.5 Å². The first kappa shape index (κ1) is 8.19. The molecule has 2 rings (SSSR count). The molecular weight excluding hydrogens is 195 g/mol. The molecule has 0 saturated carbocycles. The van der Waals surface area contributed by atoms with Crippen LogP contribution in [0.1, 0.15) is 0 Å². The summed E-state index contributed by atoms with van der Waals surface area (Å²) in [6.45, 7) is 0. The Balaban J connectivity index is 2.64. The first-order valence-electron chi connectivity index (χ1n) is 3.50. The number of hydrogen-bond acceptors (Lipinski definition) is 3. The van der Waals surface area contributed by atoms with Gasteiger partial charge in [-0.1, -0.05) is 22.8 Å². The molecule has 0 fully saturated rings. The summed E-state index contributed by atoms with van der Waals surface area (Å²) in [5.41, 5.74) is 0.140. The van der Waals surface area contributed by atoms with Crippen molar-refractivity contribution in [2.45, 2.75) is 0 Å². The fourth-order valence-corrected chi connectivity index (χ4v) is 1.23. The van der Waals surface area contributed by atoms with Gasteiger partial charge in [0.15, 0.2) is 6.33 Å². The van der Waals surface area contributed by atoms with Crippen molar-refractivity contribution in [3.8, 4) is 11.5 Å². The van der Waals surface area contributed by atoms with Gasteiger partial charge in [0, 0.05) is 0 Å². The molecule has 1 aromatic carbocycles. The van der Waals surface area contributed by atoms with Crippen LogP contribution >= 0.6 is 11.6 Å². The van der Waals surface area contributed by atoms with E-state index in [0.29, 0.717) is 0 Å². The highest BCUT2D eigenvalue weighted by Crippen LogP contribution is 2.28. The lowest BCUT2D eigenvalue weighted by Crippen LogP contribution is -1.84. The average Bonchev–Trinajstić information content (AvgIpc) is 2.57. The Bertz CT molecular complexity index is 396. The van der Waals surface area contributed by atoms with Crippen molar-refractivity contribution >= 4 is 11.6 Å². The van der Waals surface area contributed by atoms with Crippen LogP contribution in [0.5, 0.6) is 0 Å². The number of benzene rings is 1. The van der Waals surface area contributed by atoms with Gasteiger partial charge >= 0.3 is 0 Å². The Hall–Kier alpha value is -1.42. The van der Waals surface area contributed by atoms with Crippen molar-refractivity contribution in [2.24, 2.45) is 0 Å². The molecule has 0 saturated heterocycles. The maximum atomic E-state index is 13.2. The van der Waals surface area contributed by atoms with E-state index in [4.69, 9.17) is 16.1 Å². The predicted molar refractivity (Wildman–Crippen MR) is 44.7 cm³/mol. The number of nitrogens with zero attached hydrogens (tertiary/aromatic N) is 2. The van der Waals surface area contributed by atoms with Crippen LogP contribution < -0.4 is 0 Å². The van der Waals surface area contributed by atoms with Gasteiger partial charge in [-0.05, 0) is 12.1 Å². The minimum Gasteiger partial charge on any atom is -0.334 e. The van der Waals surface area contributed by atoms with Crippen LogP contribution in [0.2, 0.25) is 5.02 Å². The van der Waals surface area contributed by atoms with Gasteiger partial charge in [-0.15, -0.1) is 0 Å². The number of halogens is 2. The van der Waals surface area contributed by atoms with E-state index in [1.807, 2.05) is 0 Å². The highest BCUT2D eigenvalue weighted by Gasteiger charge is 2.13. The molecule has 0 unspecified atom stereocenters. The molecule has 1 aromatic heterocycles. The van der Waals surface area contributed by atoms with Crippen LogP contribution in [-0.4, -0.2) is 10.1 Å². The summed E-state index contributed by atoms with van der Waals surface area (Å²) in [5, 5.41) is 3.62. The molecule has 1 heterocycles. The van der Waals surface area contributed by atoms with E-state index in [1.165, 1.54) is 18.5 Å². The summed E-state index contributed by atoms with van der Waals surface area (Å²) in [6, 6.07) is 4.35. The molecule has 2 aromatic rings. The van der Waals surface area contributed by atoms with Gasteiger partial charge in [0.05, 0.1) is 10.6 Å². The molecule has 0 atom stereocenters. The third-order valence-electron chi connectivity index (χ3n) is 1.54. The minimum atomic E-state index is -0.475. The second-order valence-corrected chi connectivity index (χ2v) is 2.75. The lowest BCUT2D eigenvalue weighted by Gasteiger charge is -1.98. The average molecular weight is 199 g/mol. The zero-order valence-electron chi connectivity index (χ0n) is 6.37. The van der Waals surface area contributed by atoms with Crippen LogP contribution in [0.15, 0.2) is 29.0 Å². The molecule has 0 radical (unpaired) electrons. The summed E-state index contributed by atoms with van der Waals surface area (Å²) < 4.78 is 17.9. The maximum absolute atomic E-state index is 13.2. The van der Waals surface area contributed by atoms with Crippen LogP contribution in [0.4, 0.5) is 4.39 Å². The van der Waals surface area contributed by atoms with E-state index in [2.05, 4.69) is 10.1 Å². The predicted octanol–water partition coefficient (Wildman–Crippen LogP) is 2.53. The van der Waals surface area contributed by atoms with Gasteiger partial charge in [-0.3, -0.25) is 0 Å². The Kier molecular flexibility index (Phi) is 1.98. The quantitative estimate of drug-likeness (QED) is 0.707. The highest BCUT2D eigenvalue weighted by molar-refractivity contribution is 6.33. The lowest BCUT2D eigenvalue weighted by molar-refractivity contribution is 0.427. The normalized spacial score (nSPS) is 10.3. The van der Waals surface area contributed by atoms with Crippen LogP contribution in [0, 0.1) is 5.82 Å². The molecule has 5 heteroatoms. The molecule has 0 aliphatic heterocycles. The fraction of sp³-hybridized carbons (Fsp3) is 0. The van der Waals surface area contributed by atoms with E-state index >= 15 is 0 Å². The minimum absolute atomic E-state index is 0.0862. The molecular formula is C8H4ClFN2O. The summed E-state index contributed by atoms with van der Waals surface area (Å²) >= 11 is 5.75. The largest absolute Gasteiger partial charge is 0.334 e. The third kappa shape index (κ3) is 1.40. The Morgan fingerprint density at radius 1 is 1.38 bits per heavy atom. The maximum Gasteiger partial charge on any atom is 0.262 e. The van der Waals surface area contributed by atoms with E-state index in [0.717, 1.165) is 0 Å². The first-order chi connectivity index (χ1) is 6.29. The summed E-state index contributed by atoms with van der Waals surface area (Å²) in [7, 11) is 0. The smallest absolute Gasteiger partial charge is 0.262 e. The lowest BCUT2D eigenvalue weighted by atomic mass is 10.2. The molecule has 0 spiro atoms. The van der Waals surface area contributed by atoms with Crippen molar-refractivity contribution < 1.29 is 8.91 Å². The fourth-order valence-electron chi connectivity index (χ4n) is 0.985. The molecule has 0 aliphatic carbocycles. The Morgan fingerprint density at radius 3 is 2.85 bits per heavy atom. The number of aromatic nitrogens is 2. The molecule has 0 amide bonds. The topological polar surface area (TPSA) is 38.9 Å². The molecule has 3 nitrogen and oxygen atoms in total. The van der Waals surface area contributed by atoms with Crippen molar-refractivity contribution in [3.05, 3.63) is 35.4 Å². The molecule has 13 heavy (non-hydrogen) atoms. The van der Waals surface area contributed by atoms with Crippen LogP contribution in [0.3, 0.4) is 0 Å². The van der Waals surface area contributed by atoms with Crippen molar-refractivity contribution in [3.63, 3.8) is 0 Å². The number of hydrogen-bond donors (Lipinski definition) is 0. The summed E-state index contributed by atoms with van der Waals surface area (Å²) in [5.74, 6) is -0.389. The van der Waals surface area contributed by atoms with Gasteiger partial charge in [0.2, 0.25) is 0 Å². The molecule has 0 aliphatic rings. The second-order valence-electron chi connectivity index (χ2n) is 2.34. The van der Waals surface area contributed by atoms with Gasteiger partial charge in [-0.25, -0.2) is 4.39 Å². The van der Waals surface area contributed by atoms with Gasteiger partial charge in [0.25, 0.3) is 5.89 Å². The Morgan fingerprint density at radius 2 is 2.23 bits per heavy atom. The zero-order valence-corrected chi connectivity index (χ0v) is 7.12. The molecule has 0 bridgehead atoms. The van der Waals surface area contributed by atoms with Crippen molar-refractivity contribution in [1.82, 2.24) is 10.1 Å².